The van der Waals surface area contributed by atoms with E-state index in [2.05, 4.69) is 5.32 Å². The number of nitrogens with one attached hydrogen (secondary N) is 1. The summed E-state index contributed by atoms with van der Waals surface area (Å²) >= 11 is 0. The number of hydrogen-bond acceptors (Lipinski definition) is 3. The Balaban J connectivity index is 1.93. The molecule has 0 aromatic rings. The van der Waals surface area contributed by atoms with Gasteiger partial charge < -0.3 is 20.1 Å². The second kappa shape index (κ2) is 6.64. The van der Waals surface area contributed by atoms with Crippen molar-refractivity contribution >= 4 is 12.0 Å². The molecule has 2 amide bonds. The summed E-state index contributed by atoms with van der Waals surface area (Å²) in [5.41, 5.74) is -0.842. The lowest BCUT2D eigenvalue weighted by molar-refractivity contribution is -0.148. The second-order valence-corrected chi connectivity index (χ2v) is 6.28. The standard InChI is InChI=1S/C15H26N2O4/c1-3-21-11-6-5-9-17(10-11)14(20)16-12-7-4-8-15(12,2)13(18)19/h11-12H,3-10H2,1-2H3,(H,16,20)(H,18,19). The van der Waals surface area contributed by atoms with Crippen LogP contribution in [0.1, 0.15) is 46.0 Å². The highest BCUT2D eigenvalue weighted by Crippen LogP contribution is 2.38. The quantitative estimate of drug-likeness (QED) is 0.830. The lowest BCUT2D eigenvalue weighted by Crippen LogP contribution is -2.54. The largest absolute Gasteiger partial charge is 0.481 e. The molecule has 1 saturated heterocycles. The normalized spacial score (nSPS) is 33.0. The van der Waals surface area contributed by atoms with E-state index in [1.165, 1.54) is 0 Å². The van der Waals surface area contributed by atoms with E-state index in [-0.39, 0.29) is 18.2 Å². The van der Waals surface area contributed by atoms with E-state index in [0.717, 1.165) is 25.7 Å². The molecule has 1 heterocycles. The number of likely N-dealkylation sites (tertiary alicyclic amines) is 1. The van der Waals surface area contributed by atoms with Crippen molar-refractivity contribution in [3.8, 4) is 0 Å². The minimum absolute atomic E-state index is 0.101. The molecule has 3 unspecified atom stereocenters. The molecule has 0 radical (unpaired) electrons. The van der Waals surface area contributed by atoms with Gasteiger partial charge in [-0.15, -0.1) is 0 Å². The second-order valence-electron chi connectivity index (χ2n) is 6.28. The lowest BCUT2D eigenvalue weighted by Gasteiger charge is -2.35. The van der Waals surface area contributed by atoms with Gasteiger partial charge in [0.2, 0.25) is 0 Å². The maximum Gasteiger partial charge on any atom is 0.317 e. The van der Waals surface area contributed by atoms with E-state index in [4.69, 9.17) is 4.74 Å². The Labute approximate surface area is 125 Å². The van der Waals surface area contributed by atoms with Crippen LogP contribution in [-0.2, 0) is 9.53 Å². The molecule has 1 aliphatic heterocycles. The van der Waals surface area contributed by atoms with E-state index in [9.17, 15) is 14.7 Å². The summed E-state index contributed by atoms with van der Waals surface area (Å²) in [6.07, 6.45) is 4.21. The fourth-order valence-corrected chi connectivity index (χ4v) is 3.39. The van der Waals surface area contributed by atoms with Gasteiger partial charge in [-0.25, -0.2) is 4.79 Å². The molecule has 0 aromatic heterocycles. The molecule has 0 spiro atoms. The average Bonchev–Trinajstić information content (AvgIpc) is 2.82. The molecule has 1 aliphatic carbocycles. The van der Waals surface area contributed by atoms with Crippen molar-refractivity contribution in [2.45, 2.75) is 58.1 Å². The van der Waals surface area contributed by atoms with Gasteiger partial charge in [-0.3, -0.25) is 4.79 Å². The van der Waals surface area contributed by atoms with Gasteiger partial charge >= 0.3 is 12.0 Å². The molecule has 1 saturated carbocycles. The molecule has 2 fully saturated rings. The molecular weight excluding hydrogens is 272 g/mol. The fourth-order valence-electron chi connectivity index (χ4n) is 3.39. The van der Waals surface area contributed by atoms with Crippen LogP contribution in [0.3, 0.4) is 0 Å². The summed E-state index contributed by atoms with van der Waals surface area (Å²) in [6, 6.07) is -0.436. The summed E-state index contributed by atoms with van der Waals surface area (Å²) in [6.45, 7) is 5.64. The average molecular weight is 298 g/mol. The van der Waals surface area contributed by atoms with Crippen LogP contribution in [0.25, 0.3) is 0 Å². The first-order valence-electron chi connectivity index (χ1n) is 7.88. The third-order valence-electron chi connectivity index (χ3n) is 4.81. The summed E-state index contributed by atoms with van der Waals surface area (Å²) in [7, 11) is 0. The van der Waals surface area contributed by atoms with Crippen LogP contribution in [0.15, 0.2) is 0 Å². The summed E-state index contributed by atoms with van der Waals surface area (Å²) in [5.74, 6) is -0.823. The molecule has 6 nitrogen and oxygen atoms in total. The van der Waals surface area contributed by atoms with E-state index < -0.39 is 11.4 Å². The topological polar surface area (TPSA) is 78.9 Å². The van der Waals surface area contributed by atoms with Crippen molar-refractivity contribution in [2.24, 2.45) is 5.41 Å². The number of aliphatic carboxylic acids is 1. The number of carboxylic acid groups (broad SMARTS) is 1. The molecular formula is C15H26N2O4. The molecule has 2 aliphatic rings. The highest BCUT2D eigenvalue weighted by molar-refractivity contribution is 5.79. The van der Waals surface area contributed by atoms with Crippen molar-refractivity contribution in [3.05, 3.63) is 0 Å². The van der Waals surface area contributed by atoms with E-state index in [1.54, 1.807) is 11.8 Å². The number of ether oxygens (including phenoxy) is 1. The Hall–Kier alpha value is -1.30. The molecule has 0 bridgehead atoms. The van der Waals surface area contributed by atoms with E-state index >= 15 is 0 Å². The van der Waals surface area contributed by atoms with Gasteiger partial charge in [-0.1, -0.05) is 6.42 Å². The van der Waals surface area contributed by atoms with Gasteiger partial charge in [0.1, 0.15) is 0 Å². The molecule has 120 valence electrons. The summed E-state index contributed by atoms with van der Waals surface area (Å²) in [5, 5.41) is 12.3. The minimum atomic E-state index is -0.842. The van der Waals surface area contributed by atoms with E-state index in [1.807, 2.05) is 6.92 Å². The van der Waals surface area contributed by atoms with E-state index in [0.29, 0.717) is 26.1 Å². The Morgan fingerprint density at radius 3 is 2.81 bits per heavy atom. The molecule has 3 atom stereocenters. The van der Waals surface area contributed by atoms with Crippen LogP contribution in [-0.4, -0.2) is 53.8 Å². The van der Waals surface area contributed by atoms with Gasteiger partial charge in [-0.05, 0) is 39.5 Å². The van der Waals surface area contributed by atoms with Gasteiger partial charge in [0.25, 0.3) is 0 Å². The van der Waals surface area contributed by atoms with Crippen molar-refractivity contribution in [1.82, 2.24) is 10.2 Å². The zero-order valence-corrected chi connectivity index (χ0v) is 12.9. The van der Waals surface area contributed by atoms with Gasteiger partial charge in [0.15, 0.2) is 0 Å². The Kier molecular flexibility index (Phi) is 5.08. The first-order valence-corrected chi connectivity index (χ1v) is 7.88. The molecule has 6 heteroatoms. The summed E-state index contributed by atoms with van der Waals surface area (Å²) < 4.78 is 5.60. The first kappa shape index (κ1) is 16.1. The van der Waals surface area contributed by atoms with Crippen LogP contribution < -0.4 is 5.32 Å². The van der Waals surface area contributed by atoms with Gasteiger partial charge in [-0.2, -0.15) is 0 Å². The number of carbonyl (C=O) groups is 2. The lowest BCUT2D eigenvalue weighted by atomic mass is 9.85. The number of carboxylic acids is 1. The third kappa shape index (κ3) is 3.48. The highest BCUT2D eigenvalue weighted by Gasteiger charge is 2.46. The fraction of sp³-hybridized carbons (Fsp3) is 0.867. The molecule has 0 aromatic carbocycles. The monoisotopic (exact) mass is 298 g/mol. The van der Waals surface area contributed by atoms with Gasteiger partial charge in [0.05, 0.1) is 11.5 Å². The maximum atomic E-state index is 12.4. The maximum absolute atomic E-state index is 12.4. The zero-order chi connectivity index (χ0) is 15.5. The number of hydrogen-bond donors (Lipinski definition) is 2. The summed E-state index contributed by atoms with van der Waals surface area (Å²) in [4.78, 5) is 25.6. The molecule has 2 N–H and O–H groups in total. The van der Waals surface area contributed by atoms with Crippen molar-refractivity contribution < 1.29 is 19.4 Å². The SMILES string of the molecule is CCOC1CCCN(C(=O)NC2CCCC2(C)C(=O)O)C1. The van der Waals surface area contributed by atoms with Crippen LogP contribution in [0.5, 0.6) is 0 Å². The molecule has 2 rings (SSSR count). The number of rotatable bonds is 4. The zero-order valence-electron chi connectivity index (χ0n) is 12.9. The number of carbonyl (C=O) groups excluding carboxylic acids is 1. The number of amides is 2. The van der Waals surface area contributed by atoms with Crippen LogP contribution in [0, 0.1) is 5.41 Å². The third-order valence-corrected chi connectivity index (χ3v) is 4.81. The Morgan fingerprint density at radius 1 is 1.38 bits per heavy atom. The Bertz CT molecular complexity index is 399. The van der Waals surface area contributed by atoms with Crippen molar-refractivity contribution in [2.75, 3.05) is 19.7 Å². The minimum Gasteiger partial charge on any atom is -0.481 e. The van der Waals surface area contributed by atoms with Crippen LogP contribution >= 0.6 is 0 Å². The highest BCUT2D eigenvalue weighted by atomic mass is 16.5. The van der Waals surface area contributed by atoms with Crippen LogP contribution in [0.2, 0.25) is 0 Å². The van der Waals surface area contributed by atoms with Crippen molar-refractivity contribution in [1.29, 1.82) is 0 Å². The number of urea groups is 1. The number of nitrogens with zero attached hydrogens (tertiary/aromatic N) is 1. The first-order chi connectivity index (χ1) is 9.97. The smallest absolute Gasteiger partial charge is 0.317 e. The Morgan fingerprint density at radius 2 is 2.14 bits per heavy atom. The van der Waals surface area contributed by atoms with Crippen molar-refractivity contribution in [3.63, 3.8) is 0 Å². The molecule has 21 heavy (non-hydrogen) atoms. The van der Waals surface area contributed by atoms with Crippen LogP contribution in [0.4, 0.5) is 4.79 Å². The number of piperidine rings is 1. The van der Waals surface area contributed by atoms with Gasteiger partial charge in [0, 0.05) is 25.7 Å². The predicted octanol–water partition coefficient (Wildman–Crippen LogP) is 1.84. The predicted molar refractivity (Wildman–Crippen MR) is 78.1 cm³/mol.